The molecule has 0 aromatic carbocycles. The molecule has 0 heterocycles. The molecule has 0 rings (SSSR count). The first-order valence-corrected chi connectivity index (χ1v) is 8.41. The van der Waals surface area contributed by atoms with Gasteiger partial charge in [-0.25, -0.2) is 0 Å². The van der Waals surface area contributed by atoms with E-state index in [-0.39, 0.29) is 7.55 Å². The Morgan fingerprint density at radius 1 is 1.07 bits per heavy atom. The normalized spacial score (nSPS) is 16.1. The van der Waals surface area contributed by atoms with Crippen LogP contribution in [0.5, 0.6) is 0 Å². The van der Waals surface area contributed by atoms with Crippen LogP contribution in [-0.4, -0.2) is 18.1 Å². The van der Waals surface area contributed by atoms with Gasteiger partial charge in [0.1, 0.15) is 0 Å². The van der Waals surface area contributed by atoms with Crippen LogP contribution in [-0.2, 0) is 0 Å². The fourth-order valence-electron chi connectivity index (χ4n) is 1.61. The van der Waals surface area contributed by atoms with Gasteiger partial charge in [-0.3, -0.25) is 0 Å². The van der Waals surface area contributed by atoms with Gasteiger partial charge in [-0.15, -0.1) is 7.55 Å². The lowest BCUT2D eigenvalue weighted by atomic mass is 10.2. The Hall–Kier alpha value is 0.300. The van der Waals surface area contributed by atoms with Crippen molar-refractivity contribution >= 4 is 13.3 Å². The second-order valence-corrected chi connectivity index (χ2v) is 7.64. The van der Waals surface area contributed by atoms with Gasteiger partial charge in [0.05, 0.1) is 0 Å². The molecule has 86 valence electrons. The fourth-order valence-corrected chi connectivity index (χ4v) is 3.70. The Balaban J connectivity index is 3.65. The maximum atomic E-state index is 2.63. The van der Waals surface area contributed by atoms with Crippen molar-refractivity contribution in [2.24, 2.45) is 5.92 Å². The smallest absolute Gasteiger partial charge is 0.0246 e. The van der Waals surface area contributed by atoms with Gasteiger partial charge in [-0.2, -0.15) is 0 Å². The first-order valence-electron chi connectivity index (χ1n) is 6.26. The highest BCUT2D eigenvalue weighted by Gasteiger charge is 2.06. The van der Waals surface area contributed by atoms with Crippen LogP contribution in [0.4, 0.5) is 0 Å². The third-order valence-corrected chi connectivity index (χ3v) is 6.28. The minimum atomic E-state index is -0.179. The lowest BCUT2D eigenvalue weighted by Gasteiger charge is -2.17. The Labute approximate surface area is 91.9 Å². The summed E-state index contributed by atoms with van der Waals surface area (Å²) in [6.07, 6.45) is 6.98. The summed E-state index contributed by atoms with van der Waals surface area (Å²) in [5.41, 5.74) is 0.936. The molecule has 1 heteroatoms. The SMILES string of the molecule is CCCCCC/C=[PH](\C)C(C)C(C)C. The van der Waals surface area contributed by atoms with Gasteiger partial charge in [0.25, 0.3) is 0 Å². The molecule has 0 aliphatic rings. The number of unbranched alkanes of at least 4 members (excludes halogenated alkanes) is 4. The highest BCUT2D eigenvalue weighted by molar-refractivity contribution is 7.57. The van der Waals surface area contributed by atoms with E-state index in [0.717, 1.165) is 11.6 Å². The van der Waals surface area contributed by atoms with Gasteiger partial charge in [-0.1, -0.05) is 52.8 Å². The molecule has 0 aromatic rings. The second-order valence-electron chi connectivity index (χ2n) is 4.83. The summed E-state index contributed by atoms with van der Waals surface area (Å²) in [6, 6.07) is 0. The van der Waals surface area contributed by atoms with Gasteiger partial charge in [0.2, 0.25) is 0 Å². The molecule has 0 aliphatic heterocycles. The van der Waals surface area contributed by atoms with E-state index in [1.54, 1.807) is 0 Å². The fraction of sp³-hybridized carbons (Fsp3) is 0.923. The number of rotatable bonds is 7. The van der Waals surface area contributed by atoms with E-state index in [2.05, 4.69) is 40.2 Å². The Morgan fingerprint density at radius 3 is 2.21 bits per heavy atom. The summed E-state index contributed by atoms with van der Waals surface area (Å²) >= 11 is 0. The van der Waals surface area contributed by atoms with Crippen molar-refractivity contribution in [1.29, 1.82) is 0 Å². The van der Waals surface area contributed by atoms with Crippen LogP contribution in [0.15, 0.2) is 0 Å². The van der Waals surface area contributed by atoms with E-state index in [4.69, 9.17) is 0 Å². The van der Waals surface area contributed by atoms with E-state index in [1.807, 2.05) is 0 Å². The summed E-state index contributed by atoms with van der Waals surface area (Å²) in [4.78, 5) is 0. The molecule has 0 amide bonds. The topological polar surface area (TPSA) is 0 Å². The van der Waals surface area contributed by atoms with E-state index >= 15 is 0 Å². The van der Waals surface area contributed by atoms with Crippen LogP contribution in [0, 0.1) is 5.92 Å². The quantitative estimate of drug-likeness (QED) is 0.429. The van der Waals surface area contributed by atoms with Crippen LogP contribution >= 0.6 is 7.55 Å². The predicted octanol–water partition coefficient (Wildman–Crippen LogP) is 4.65. The number of hydrogen-bond acceptors (Lipinski definition) is 0. The second kappa shape index (κ2) is 8.60. The highest BCUT2D eigenvalue weighted by Crippen LogP contribution is 2.30. The zero-order valence-corrected chi connectivity index (χ0v) is 11.8. The first kappa shape index (κ1) is 14.3. The molecule has 0 radical (unpaired) electrons. The van der Waals surface area contributed by atoms with E-state index in [9.17, 15) is 0 Å². The molecule has 0 aliphatic carbocycles. The van der Waals surface area contributed by atoms with Gasteiger partial charge >= 0.3 is 0 Å². The van der Waals surface area contributed by atoms with Crippen molar-refractivity contribution in [2.45, 2.75) is 65.5 Å². The standard InChI is InChI=1S/C13H29P/c1-6-7-8-9-10-11-14(5)13(4)12(2)3/h11-14H,6-10H2,1-5H3. The summed E-state index contributed by atoms with van der Waals surface area (Å²) in [5, 5.41) is 0. The molecule has 2 atom stereocenters. The van der Waals surface area contributed by atoms with Crippen LogP contribution in [0.1, 0.15) is 59.8 Å². The largest absolute Gasteiger partial charge is 0.122 e. The van der Waals surface area contributed by atoms with Crippen LogP contribution in [0.25, 0.3) is 0 Å². The molecule has 0 N–H and O–H groups in total. The Kier molecular flexibility index (Phi) is 8.78. The molecule has 0 spiro atoms. The molecule has 0 saturated carbocycles. The van der Waals surface area contributed by atoms with Gasteiger partial charge in [-0.05, 0) is 31.1 Å². The molecule has 0 nitrogen and oxygen atoms in total. The lowest BCUT2D eigenvalue weighted by molar-refractivity contribution is 0.638. The molecule has 14 heavy (non-hydrogen) atoms. The minimum absolute atomic E-state index is 0.179. The summed E-state index contributed by atoms with van der Waals surface area (Å²) in [6.45, 7) is 11.9. The average Bonchev–Trinajstić information content (AvgIpc) is 2.16. The Morgan fingerprint density at radius 2 is 1.71 bits per heavy atom. The zero-order valence-electron chi connectivity index (χ0n) is 10.8. The third-order valence-electron chi connectivity index (χ3n) is 3.24. The van der Waals surface area contributed by atoms with Gasteiger partial charge < -0.3 is 0 Å². The predicted molar refractivity (Wildman–Crippen MR) is 73.4 cm³/mol. The van der Waals surface area contributed by atoms with Crippen molar-refractivity contribution in [3.05, 3.63) is 0 Å². The molecule has 0 fully saturated rings. The van der Waals surface area contributed by atoms with Crippen molar-refractivity contribution in [3.63, 3.8) is 0 Å². The van der Waals surface area contributed by atoms with Crippen LogP contribution in [0.2, 0.25) is 0 Å². The Bertz CT molecular complexity index is 159. The van der Waals surface area contributed by atoms with Crippen LogP contribution in [0.3, 0.4) is 0 Å². The molecule has 0 bridgehead atoms. The van der Waals surface area contributed by atoms with E-state index in [1.165, 1.54) is 32.1 Å². The first-order chi connectivity index (χ1) is 6.59. The third kappa shape index (κ3) is 6.71. The van der Waals surface area contributed by atoms with Crippen molar-refractivity contribution < 1.29 is 0 Å². The molecular weight excluding hydrogens is 187 g/mol. The van der Waals surface area contributed by atoms with E-state index in [0.29, 0.717) is 0 Å². The highest BCUT2D eigenvalue weighted by atomic mass is 31.1. The van der Waals surface area contributed by atoms with Crippen molar-refractivity contribution in [2.75, 3.05) is 6.66 Å². The van der Waals surface area contributed by atoms with Gasteiger partial charge in [0.15, 0.2) is 0 Å². The summed E-state index contributed by atoms with van der Waals surface area (Å²) in [7, 11) is -0.179. The maximum absolute atomic E-state index is 2.63. The average molecular weight is 216 g/mol. The lowest BCUT2D eigenvalue weighted by Crippen LogP contribution is -2.05. The summed E-state index contributed by atoms with van der Waals surface area (Å²) < 4.78 is 0. The number of hydrogen-bond donors (Lipinski definition) is 0. The van der Waals surface area contributed by atoms with Crippen LogP contribution < -0.4 is 0 Å². The monoisotopic (exact) mass is 216 g/mol. The van der Waals surface area contributed by atoms with Crippen molar-refractivity contribution in [1.82, 2.24) is 0 Å². The maximum Gasteiger partial charge on any atom is -0.0246 e. The van der Waals surface area contributed by atoms with Crippen molar-refractivity contribution in [3.8, 4) is 0 Å². The minimum Gasteiger partial charge on any atom is -0.122 e. The molecule has 2 unspecified atom stereocenters. The van der Waals surface area contributed by atoms with Gasteiger partial charge in [0, 0.05) is 0 Å². The molecule has 0 saturated heterocycles. The molecule has 0 aromatic heterocycles. The van der Waals surface area contributed by atoms with E-state index < -0.39 is 0 Å². The summed E-state index contributed by atoms with van der Waals surface area (Å²) in [5.74, 6) is 3.49. The zero-order chi connectivity index (χ0) is 11.0. The molecular formula is C13H29P.